The van der Waals surface area contributed by atoms with Crippen molar-refractivity contribution in [2.45, 2.75) is 19.3 Å². The number of hydrogen-bond donors (Lipinski definition) is 1. The van der Waals surface area contributed by atoms with Crippen LogP contribution in [0.5, 0.6) is 5.75 Å². The fourth-order valence-electron chi connectivity index (χ4n) is 4.31. The first-order valence-corrected chi connectivity index (χ1v) is 11.6. The van der Waals surface area contributed by atoms with E-state index in [0.29, 0.717) is 0 Å². The van der Waals surface area contributed by atoms with Gasteiger partial charge in [0.2, 0.25) is 0 Å². The van der Waals surface area contributed by atoms with Gasteiger partial charge >= 0.3 is 0 Å². The van der Waals surface area contributed by atoms with Gasteiger partial charge in [-0.2, -0.15) is 0 Å². The largest absolute Gasteiger partial charge is 0.497 e. The smallest absolute Gasteiger partial charge is 0.138 e. The maximum absolute atomic E-state index is 5.30. The highest BCUT2D eigenvalue weighted by Crippen LogP contribution is 2.37. The summed E-state index contributed by atoms with van der Waals surface area (Å²) >= 11 is 1.66. The van der Waals surface area contributed by atoms with Crippen molar-refractivity contribution in [3.63, 3.8) is 0 Å². The predicted octanol–water partition coefficient (Wildman–Crippen LogP) is 5.62. The van der Waals surface area contributed by atoms with Crippen molar-refractivity contribution < 1.29 is 4.74 Å². The Morgan fingerprint density at radius 3 is 2.84 bits per heavy atom. The van der Waals surface area contributed by atoms with Crippen molar-refractivity contribution >= 4 is 33.1 Å². The number of methoxy groups -OCH3 is 1. The molecule has 0 amide bonds. The summed E-state index contributed by atoms with van der Waals surface area (Å²) in [5, 5.41) is 6.84. The van der Waals surface area contributed by atoms with Crippen LogP contribution < -0.4 is 15.0 Å². The fourth-order valence-corrected chi connectivity index (χ4v) is 5.23. The maximum atomic E-state index is 5.30. The van der Waals surface area contributed by atoms with E-state index in [1.54, 1.807) is 24.8 Å². The number of nitrogens with zero attached hydrogens (tertiary/aromatic N) is 3. The summed E-state index contributed by atoms with van der Waals surface area (Å²) in [4.78, 5) is 12.6. The van der Waals surface area contributed by atoms with Gasteiger partial charge in [0, 0.05) is 36.3 Å². The van der Waals surface area contributed by atoms with Crippen LogP contribution in [0.4, 0.5) is 11.5 Å². The van der Waals surface area contributed by atoms with Gasteiger partial charge in [0.25, 0.3) is 0 Å². The van der Waals surface area contributed by atoms with Gasteiger partial charge < -0.3 is 15.0 Å². The molecule has 1 N–H and O–H groups in total. The van der Waals surface area contributed by atoms with Crippen LogP contribution >= 0.6 is 11.3 Å². The lowest BCUT2D eigenvalue weighted by Gasteiger charge is -2.31. The van der Waals surface area contributed by atoms with Crippen LogP contribution in [0.2, 0.25) is 0 Å². The zero-order valence-electron chi connectivity index (χ0n) is 17.7. The van der Waals surface area contributed by atoms with E-state index in [9.17, 15) is 0 Å². The standard InChI is InChI=1S/C25H26N4OS/c1-30-20-11-9-18(10-12-20)21-16-31-25-23(21)24(27-17-28-25)26-13-5-15-29-14-4-7-19-6-2-3-8-22(19)29/h2-3,6,8-12,16-17H,4-5,7,13-15H2,1H3,(H,26,27,28). The summed E-state index contributed by atoms with van der Waals surface area (Å²) in [7, 11) is 1.69. The lowest BCUT2D eigenvalue weighted by atomic mass is 10.0. The van der Waals surface area contributed by atoms with Crippen LogP contribution in [0.3, 0.4) is 0 Å². The Kier molecular flexibility index (Phi) is 5.71. The van der Waals surface area contributed by atoms with Crippen molar-refractivity contribution in [1.29, 1.82) is 0 Å². The number of para-hydroxylation sites is 1. The van der Waals surface area contributed by atoms with Crippen molar-refractivity contribution in [3.8, 4) is 16.9 Å². The fraction of sp³-hybridized carbons (Fsp3) is 0.280. The summed E-state index contributed by atoms with van der Waals surface area (Å²) in [6.07, 6.45) is 5.13. The van der Waals surface area contributed by atoms with Crippen LogP contribution in [0.25, 0.3) is 21.3 Å². The van der Waals surface area contributed by atoms with Crippen LogP contribution in [0.15, 0.2) is 60.2 Å². The average molecular weight is 431 g/mol. The predicted molar refractivity (Wildman–Crippen MR) is 129 cm³/mol. The van der Waals surface area contributed by atoms with Crippen molar-refractivity contribution in [1.82, 2.24) is 9.97 Å². The van der Waals surface area contributed by atoms with Crippen LogP contribution in [0, 0.1) is 0 Å². The first-order valence-electron chi connectivity index (χ1n) is 10.8. The SMILES string of the molecule is COc1ccc(-c2csc3ncnc(NCCCN4CCCc5ccccc54)c23)cc1. The first kappa shape index (κ1) is 19.8. The molecule has 3 heterocycles. The highest BCUT2D eigenvalue weighted by atomic mass is 32.1. The molecule has 5 rings (SSSR count). The highest BCUT2D eigenvalue weighted by molar-refractivity contribution is 7.17. The average Bonchev–Trinajstić information content (AvgIpc) is 3.27. The van der Waals surface area contributed by atoms with Crippen LogP contribution in [0.1, 0.15) is 18.4 Å². The molecule has 0 fully saturated rings. The van der Waals surface area contributed by atoms with Crippen molar-refractivity contribution in [2.75, 3.05) is 37.0 Å². The number of anilines is 2. The Balaban J connectivity index is 1.29. The second-order valence-electron chi connectivity index (χ2n) is 7.78. The third-order valence-electron chi connectivity index (χ3n) is 5.87. The number of ether oxygens (including phenoxy) is 1. The second kappa shape index (κ2) is 8.94. The van der Waals surface area contributed by atoms with Gasteiger partial charge in [0.1, 0.15) is 22.7 Å². The van der Waals surface area contributed by atoms with Crippen LogP contribution in [-0.2, 0) is 6.42 Å². The van der Waals surface area contributed by atoms with E-state index >= 15 is 0 Å². The minimum absolute atomic E-state index is 0.858. The molecule has 0 aliphatic carbocycles. The third-order valence-corrected chi connectivity index (χ3v) is 6.76. The maximum Gasteiger partial charge on any atom is 0.138 e. The minimum atomic E-state index is 0.858. The van der Waals surface area contributed by atoms with Gasteiger partial charge in [-0.25, -0.2) is 9.97 Å². The van der Waals surface area contributed by atoms with Gasteiger partial charge in [-0.05, 0) is 48.6 Å². The van der Waals surface area contributed by atoms with Crippen LogP contribution in [-0.4, -0.2) is 36.7 Å². The second-order valence-corrected chi connectivity index (χ2v) is 8.64. The number of nitrogens with one attached hydrogen (secondary N) is 1. The molecule has 5 nitrogen and oxygen atoms in total. The van der Waals surface area contributed by atoms with E-state index in [4.69, 9.17) is 4.74 Å². The lowest BCUT2D eigenvalue weighted by molar-refractivity contribution is 0.415. The summed E-state index contributed by atoms with van der Waals surface area (Å²) in [5.41, 5.74) is 5.19. The Morgan fingerprint density at radius 2 is 1.97 bits per heavy atom. The molecule has 158 valence electrons. The van der Waals surface area contributed by atoms with E-state index < -0.39 is 0 Å². The van der Waals surface area contributed by atoms with Gasteiger partial charge in [-0.1, -0.05) is 30.3 Å². The Morgan fingerprint density at radius 1 is 1.10 bits per heavy atom. The molecule has 1 aliphatic rings. The van der Waals surface area contributed by atoms with Gasteiger partial charge in [0.15, 0.2) is 0 Å². The third kappa shape index (κ3) is 4.08. The molecule has 0 saturated heterocycles. The molecule has 4 aromatic rings. The summed E-state index contributed by atoms with van der Waals surface area (Å²) in [6, 6.07) is 17.0. The summed E-state index contributed by atoms with van der Waals surface area (Å²) in [5.74, 6) is 1.77. The van der Waals surface area contributed by atoms with Gasteiger partial charge in [0.05, 0.1) is 12.5 Å². The van der Waals surface area contributed by atoms with E-state index in [1.165, 1.54) is 24.1 Å². The zero-order chi connectivity index (χ0) is 21.0. The molecule has 0 spiro atoms. The van der Waals surface area contributed by atoms with E-state index in [-0.39, 0.29) is 0 Å². The van der Waals surface area contributed by atoms with Crippen molar-refractivity contribution in [3.05, 3.63) is 65.8 Å². The Bertz CT molecular complexity index is 1170. The molecular formula is C25H26N4OS. The van der Waals surface area contributed by atoms with Crippen molar-refractivity contribution in [2.24, 2.45) is 0 Å². The molecule has 2 aromatic heterocycles. The van der Waals surface area contributed by atoms with E-state index in [0.717, 1.165) is 59.0 Å². The monoisotopic (exact) mass is 430 g/mol. The quantitative estimate of drug-likeness (QED) is 0.386. The minimum Gasteiger partial charge on any atom is -0.497 e. The number of aromatic nitrogens is 2. The lowest BCUT2D eigenvalue weighted by Crippen LogP contribution is -2.31. The van der Waals surface area contributed by atoms with Gasteiger partial charge in [-0.15, -0.1) is 11.3 Å². The number of aryl methyl sites for hydroxylation is 1. The Hall–Kier alpha value is -3.12. The molecule has 0 atom stereocenters. The molecule has 0 bridgehead atoms. The first-order chi connectivity index (χ1) is 15.3. The molecule has 1 aliphatic heterocycles. The molecule has 0 radical (unpaired) electrons. The topological polar surface area (TPSA) is 50.3 Å². The molecule has 2 aromatic carbocycles. The molecule has 31 heavy (non-hydrogen) atoms. The van der Waals surface area contributed by atoms with E-state index in [1.807, 2.05) is 12.1 Å². The zero-order valence-corrected chi connectivity index (χ0v) is 18.5. The number of fused-ring (bicyclic) bond motifs is 2. The summed E-state index contributed by atoms with van der Waals surface area (Å²) in [6.45, 7) is 3.07. The number of hydrogen-bond acceptors (Lipinski definition) is 6. The normalized spacial score (nSPS) is 13.3. The number of benzene rings is 2. The number of thiophene rings is 1. The number of rotatable bonds is 7. The van der Waals surface area contributed by atoms with Gasteiger partial charge in [-0.3, -0.25) is 0 Å². The Labute approximate surface area is 186 Å². The molecule has 0 unspecified atom stereocenters. The highest BCUT2D eigenvalue weighted by Gasteiger charge is 2.16. The molecule has 0 saturated carbocycles. The summed E-state index contributed by atoms with van der Waals surface area (Å²) < 4.78 is 5.30. The molecular weight excluding hydrogens is 404 g/mol. The van der Waals surface area contributed by atoms with E-state index in [2.05, 4.69) is 62.0 Å². The molecule has 6 heteroatoms.